The number of para-hydroxylation sites is 1. The van der Waals surface area contributed by atoms with Gasteiger partial charge in [-0.15, -0.1) is 5.10 Å². The summed E-state index contributed by atoms with van der Waals surface area (Å²) in [5, 5.41) is 31.1. The third-order valence-electron chi connectivity index (χ3n) is 10.8. The molecule has 3 aromatic heterocycles. The molecule has 2 aliphatic rings. The van der Waals surface area contributed by atoms with Crippen LogP contribution in [0.25, 0.3) is 22.2 Å². The molecule has 0 radical (unpaired) electrons. The molecular formula is C37H46FN9O11P2SSi. The van der Waals surface area contributed by atoms with E-state index in [0.29, 0.717) is 16.6 Å². The first kappa shape index (κ1) is 46.0. The molecule has 3 unspecified atom stereocenters. The van der Waals surface area contributed by atoms with Crippen LogP contribution in [-0.2, 0) is 48.4 Å². The molecule has 10 atom stereocenters. The number of nitrogens with zero attached hydrogens (tertiary/aromatic N) is 8. The SMILES string of the molecule is CC(C)(C)[Si](C)(C)OC1[C@@H](OP(=S)(OCCC#N)OC[C@H]2O[C@@H](n3cnc4c(NC(=O)c5ccccc5)ncnc43)[C@H](F)[C@@H]2O[PH](=O)O)[C@H](n2nnc3ccccc32)O[C@@H]1CO. The van der Waals surface area contributed by atoms with Crippen molar-refractivity contribution in [3.05, 3.63) is 72.8 Å². The third-order valence-corrected chi connectivity index (χ3v) is 18.1. The van der Waals surface area contributed by atoms with Gasteiger partial charge in [0.2, 0.25) is 0 Å². The molecule has 0 bridgehead atoms. The van der Waals surface area contributed by atoms with Gasteiger partial charge in [0.1, 0.15) is 42.4 Å². The van der Waals surface area contributed by atoms with E-state index in [4.69, 9.17) is 43.8 Å². The van der Waals surface area contributed by atoms with E-state index in [2.05, 4.69) is 51.4 Å². The van der Waals surface area contributed by atoms with Crippen LogP contribution in [0.4, 0.5) is 10.2 Å². The van der Waals surface area contributed by atoms with Gasteiger partial charge in [0.25, 0.3) is 5.91 Å². The molecular weight excluding hydrogens is 888 g/mol. The average molecular weight is 934 g/mol. The number of amides is 1. The Kier molecular flexibility index (Phi) is 14.1. The zero-order valence-corrected chi connectivity index (χ0v) is 37.9. The van der Waals surface area contributed by atoms with Crippen molar-refractivity contribution in [2.45, 2.75) is 94.5 Å². The summed E-state index contributed by atoms with van der Waals surface area (Å²) < 4.78 is 74.9. The average Bonchev–Trinajstić information content (AvgIpc) is 4.01. The minimum Gasteiger partial charge on any atom is -0.408 e. The number of nitrogens with one attached hydrogen (secondary N) is 1. The Bertz CT molecular complexity index is 2490. The quantitative estimate of drug-likeness (QED) is 0.0603. The number of imidazole rings is 1. The van der Waals surface area contributed by atoms with Crippen molar-refractivity contribution in [2.75, 3.05) is 25.1 Å². The van der Waals surface area contributed by atoms with E-state index in [1.165, 1.54) is 15.6 Å². The molecule has 0 spiro atoms. The Morgan fingerprint density at radius 1 is 1.05 bits per heavy atom. The predicted octanol–water partition coefficient (Wildman–Crippen LogP) is 5.36. The topological polar surface area (TPSA) is 249 Å². The fourth-order valence-corrected chi connectivity index (χ4v) is 10.6. The molecule has 1 amide bonds. The highest BCUT2D eigenvalue weighted by atomic mass is 32.5. The fraction of sp³-hybridized carbons (Fsp3) is 0.486. The van der Waals surface area contributed by atoms with Crippen LogP contribution >= 0.6 is 15.0 Å². The molecule has 5 heterocycles. The Balaban J connectivity index is 1.18. The van der Waals surface area contributed by atoms with Crippen LogP contribution in [0.2, 0.25) is 18.1 Å². The Morgan fingerprint density at radius 3 is 2.48 bits per heavy atom. The van der Waals surface area contributed by atoms with Crippen LogP contribution in [0, 0.1) is 11.3 Å². The maximum Gasteiger partial charge on any atom is 0.327 e. The lowest BCUT2D eigenvalue weighted by atomic mass is 10.1. The first-order valence-corrected chi connectivity index (χ1v) is 26.2. The summed E-state index contributed by atoms with van der Waals surface area (Å²) in [5.41, 5.74) is 1.68. The summed E-state index contributed by atoms with van der Waals surface area (Å²) in [5.74, 6) is -0.423. The number of fused-ring (bicyclic) bond motifs is 2. The maximum atomic E-state index is 16.5. The van der Waals surface area contributed by atoms with E-state index < -0.39 is 91.6 Å². The van der Waals surface area contributed by atoms with Gasteiger partial charge < -0.3 is 42.8 Å². The molecule has 332 valence electrons. The number of hydrogen-bond donors (Lipinski definition) is 3. The number of ether oxygens (including phenoxy) is 2. The monoisotopic (exact) mass is 933 g/mol. The number of aliphatic hydroxyl groups is 1. The van der Waals surface area contributed by atoms with Gasteiger partial charge in [-0.25, -0.2) is 24.0 Å². The minimum atomic E-state index is -4.05. The first-order valence-electron chi connectivity index (χ1n) is 19.5. The van der Waals surface area contributed by atoms with E-state index in [1.807, 2.05) is 19.2 Å². The zero-order valence-electron chi connectivity index (χ0n) is 34.2. The Hall–Kier alpha value is -3.98. The molecule has 0 aliphatic carbocycles. The number of rotatable bonds is 17. The van der Waals surface area contributed by atoms with Crippen LogP contribution in [-0.4, -0.2) is 115 Å². The van der Waals surface area contributed by atoms with E-state index in [1.54, 1.807) is 54.6 Å². The molecule has 2 fully saturated rings. The number of aliphatic hydroxyl groups excluding tert-OH is 1. The highest BCUT2D eigenvalue weighted by Crippen LogP contribution is 2.56. The van der Waals surface area contributed by atoms with E-state index in [-0.39, 0.29) is 35.0 Å². The molecule has 3 N–H and O–H groups in total. The van der Waals surface area contributed by atoms with E-state index in [0.717, 1.165) is 6.33 Å². The highest BCUT2D eigenvalue weighted by Gasteiger charge is 2.55. The second kappa shape index (κ2) is 19.0. The van der Waals surface area contributed by atoms with E-state index in [9.17, 15) is 24.6 Å². The van der Waals surface area contributed by atoms with Crippen molar-refractivity contribution in [1.29, 1.82) is 5.26 Å². The molecule has 25 heteroatoms. The number of aromatic nitrogens is 7. The lowest BCUT2D eigenvalue weighted by Crippen LogP contribution is -2.50. The van der Waals surface area contributed by atoms with Crippen LogP contribution in [0.1, 0.15) is 50.0 Å². The maximum absolute atomic E-state index is 16.5. The number of hydrogen-bond acceptors (Lipinski definition) is 17. The summed E-state index contributed by atoms with van der Waals surface area (Å²) in [6.45, 7) is 4.86. The summed E-state index contributed by atoms with van der Waals surface area (Å²) in [6, 6.07) is 17.5. The highest BCUT2D eigenvalue weighted by molar-refractivity contribution is 8.07. The van der Waals surface area contributed by atoms with Gasteiger partial charge in [0.15, 0.2) is 43.9 Å². The molecule has 2 saturated heterocycles. The standard InChI is InChI=1S/C37H46FN9O11P2SSi/c1-37(2,3)62(4,5)58-30-25(18-48)54-36(47-24-15-10-9-14-23(24)44-45-47)31(30)57-60(61,52-17-11-16-39)53-19-26-29(56-59(50)51)27(38)35(55-26)46-21-42-28-32(40-20-41-33(28)46)43-34(49)22-12-7-6-8-13-22/h6-10,12-15,20-21,25-27,29-31,35-36,48,59H,11,17-19H2,1-5H3,(H,50,51)(H,40,41,43,49)/t25-,26-,27-,29-,30?,31-,35-,36-,60?/m1/s1. The fourth-order valence-electron chi connectivity index (χ4n) is 6.72. The second-order valence-corrected chi connectivity index (χ2v) is 24.4. The molecule has 20 nitrogen and oxygen atoms in total. The van der Waals surface area contributed by atoms with Gasteiger partial charge in [-0.2, -0.15) is 5.26 Å². The number of alkyl halides is 1. The van der Waals surface area contributed by atoms with E-state index >= 15 is 4.39 Å². The lowest BCUT2D eigenvalue weighted by molar-refractivity contribution is -0.0604. The van der Waals surface area contributed by atoms with Gasteiger partial charge in [-0.05, 0) is 54.2 Å². The summed E-state index contributed by atoms with van der Waals surface area (Å²) in [7, 11) is -6.38. The molecule has 2 aromatic carbocycles. The summed E-state index contributed by atoms with van der Waals surface area (Å²) >= 11 is 5.99. The number of carbonyl (C=O) groups excluding carboxylic acids is 1. The van der Waals surface area contributed by atoms with Crippen LogP contribution in [0.3, 0.4) is 0 Å². The smallest absolute Gasteiger partial charge is 0.327 e. The molecule has 62 heavy (non-hydrogen) atoms. The number of nitriles is 1. The normalized spacial score (nSPS) is 25.8. The molecule has 7 rings (SSSR count). The number of benzene rings is 2. The van der Waals surface area contributed by atoms with Crippen molar-refractivity contribution in [2.24, 2.45) is 0 Å². The lowest BCUT2D eigenvalue weighted by Gasteiger charge is -2.41. The van der Waals surface area contributed by atoms with Gasteiger partial charge in [0, 0.05) is 5.56 Å². The van der Waals surface area contributed by atoms with Gasteiger partial charge in [0.05, 0.1) is 44.2 Å². The van der Waals surface area contributed by atoms with Crippen molar-refractivity contribution >= 4 is 69.0 Å². The molecule has 2 aliphatic heterocycles. The zero-order chi connectivity index (χ0) is 44.4. The van der Waals surface area contributed by atoms with Crippen LogP contribution in [0.5, 0.6) is 0 Å². The third kappa shape index (κ3) is 9.73. The van der Waals surface area contributed by atoms with Gasteiger partial charge in [-0.1, -0.05) is 56.3 Å². The van der Waals surface area contributed by atoms with Crippen molar-refractivity contribution in [1.82, 2.24) is 34.5 Å². The Morgan fingerprint density at radius 2 is 1.77 bits per heavy atom. The van der Waals surface area contributed by atoms with Crippen molar-refractivity contribution < 1.29 is 55.7 Å². The van der Waals surface area contributed by atoms with Crippen LogP contribution < -0.4 is 5.32 Å². The molecule has 0 saturated carbocycles. The minimum absolute atomic E-state index is 0.0452. The van der Waals surface area contributed by atoms with Crippen molar-refractivity contribution in [3.63, 3.8) is 0 Å². The molecule has 5 aromatic rings. The predicted molar refractivity (Wildman–Crippen MR) is 227 cm³/mol. The van der Waals surface area contributed by atoms with Gasteiger partial charge in [-0.3, -0.25) is 18.5 Å². The largest absolute Gasteiger partial charge is 0.408 e. The van der Waals surface area contributed by atoms with Crippen LogP contribution in [0.15, 0.2) is 67.3 Å². The number of carbonyl (C=O) groups is 1. The Labute approximate surface area is 361 Å². The number of anilines is 1. The van der Waals surface area contributed by atoms with Crippen molar-refractivity contribution in [3.8, 4) is 6.07 Å². The van der Waals surface area contributed by atoms with Gasteiger partial charge >= 0.3 is 15.0 Å². The summed E-state index contributed by atoms with van der Waals surface area (Å²) in [4.78, 5) is 35.5. The number of halogens is 1. The first-order chi connectivity index (χ1) is 29.5. The second-order valence-electron chi connectivity index (χ2n) is 15.9. The summed E-state index contributed by atoms with van der Waals surface area (Å²) in [6.07, 6.45) is -8.57.